The van der Waals surface area contributed by atoms with Crippen LogP contribution in [0.3, 0.4) is 0 Å². The molecule has 0 amide bonds. The molecule has 88 valence electrons. The van der Waals surface area contributed by atoms with E-state index in [1.165, 1.54) is 0 Å². The molecule has 0 atom stereocenters. The lowest BCUT2D eigenvalue weighted by Gasteiger charge is -2.10. The van der Waals surface area contributed by atoms with Crippen molar-refractivity contribution in [3.63, 3.8) is 0 Å². The first-order valence-corrected chi connectivity index (χ1v) is 6.09. The fourth-order valence-electron chi connectivity index (χ4n) is 1.54. The minimum absolute atomic E-state index is 0.0944. The van der Waals surface area contributed by atoms with Crippen molar-refractivity contribution in [1.82, 2.24) is 9.55 Å². The van der Waals surface area contributed by atoms with Gasteiger partial charge in [0.15, 0.2) is 5.16 Å². The second-order valence-corrected chi connectivity index (χ2v) is 4.47. The Labute approximate surface area is 103 Å². The van der Waals surface area contributed by atoms with Crippen LogP contribution in [0.5, 0.6) is 0 Å². The molecule has 0 unspecified atom stereocenters. The summed E-state index contributed by atoms with van der Waals surface area (Å²) in [7, 11) is 0. The zero-order chi connectivity index (χ0) is 12.3. The normalized spacial score (nSPS) is 10.4. The third kappa shape index (κ3) is 2.68. The number of nitrogens with zero attached hydrogens (tertiary/aromatic N) is 2. The maximum Gasteiger partial charge on any atom is 0.172 e. The number of hydrogen-bond acceptors (Lipinski definition) is 4. The molecule has 4 nitrogen and oxygen atoms in total. The molecule has 0 aliphatic heterocycles. The molecule has 0 N–H and O–H groups in total. The second-order valence-electron chi connectivity index (χ2n) is 3.53. The summed E-state index contributed by atoms with van der Waals surface area (Å²) in [5.74, 6) is -1.18. The molecule has 0 bridgehead atoms. The van der Waals surface area contributed by atoms with Gasteiger partial charge in [-0.2, -0.15) is 0 Å². The smallest absolute Gasteiger partial charge is 0.172 e. The van der Waals surface area contributed by atoms with Gasteiger partial charge < -0.3 is 9.90 Å². The van der Waals surface area contributed by atoms with Crippen molar-refractivity contribution < 1.29 is 9.90 Å². The Morgan fingerprint density at radius 2 is 2.24 bits per heavy atom. The molecule has 0 spiro atoms. The zero-order valence-electron chi connectivity index (χ0n) is 9.29. The van der Waals surface area contributed by atoms with Crippen LogP contribution in [0.1, 0.15) is 5.56 Å². The molecule has 1 aromatic carbocycles. The first-order valence-electron chi connectivity index (χ1n) is 5.10. The molecule has 2 aromatic rings. The summed E-state index contributed by atoms with van der Waals surface area (Å²) in [5.41, 5.74) is 2.12. The van der Waals surface area contributed by atoms with Crippen molar-refractivity contribution in [3.8, 4) is 5.69 Å². The summed E-state index contributed by atoms with van der Waals surface area (Å²) in [6, 6.07) is 7.88. The van der Waals surface area contributed by atoms with E-state index in [9.17, 15) is 9.90 Å². The summed E-state index contributed by atoms with van der Waals surface area (Å²) < 4.78 is 1.88. The zero-order valence-corrected chi connectivity index (χ0v) is 10.1. The van der Waals surface area contributed by atoms with Crippen LogP contribution < -0.4 is 5.11 Å². The molecule has 2 rings (SSSR count). The molecule has 0 saturated carbocycles. The number of carboxylic acids is 1. The van der Waals surface area contributed by atoms with Gasteiger partial charge in [0.1, 0.15) is 0 Å². The summed E-state index contributed by atoms with van der Waals surface area (Å²) in [6.45, 7) is 2.00. The van der Waals surface area contributed by atoms with Crippen molar-refractivity contribution >= 4 is 17.7 Å². The van der Waals surface area contributed by atoms with Gasteiger partial charge in [0.25, 0.3) is 0 Å². The Balaban J connectivity index is 2.31. The van der Waals surface area contributed by atoms with Crippen LogP contribution >= 0.6 is 11.8 Å². The topological polar surface area (TPSA) is 58.0 Å². The molecular formula is C12H11N2O2S-. The lowest BCUT2D eigenvalue weighted by atomic mass is 10.2. The van der Waals surface area contributed by atoms with E-state index < -0.39 is 5.97 Å². The van der Waals surface area contributed by atoms with Crippen LogP contribution in [-0.4, -0.2) is 21.3 Å². The Morgan fingerprint density at radius 3 is 2.94 bits per heavy atom. The number of aliphatic carboxylic acids is 1. The number of carbonyl (C=O) groups is 1. The van der Waals surface area contributed by atoms with Crippen molar-refractivity contribution in [1.29, 1.82) is 0 Å². The molecule has 0 radical (unpaired) electrons. The number of aromatic nitrogens is 2. The predicted octanol–water partition coefficient (Wildman–Crippen LogP) is 1.02. The van der Waals surface area contributed by atoms with Gasteiger partial charge in [-0.1, -0.05) is 30.0 Å². The standard InChI is InChI=1S/C12H12N2O2S/c1-9-4-2-3-5-10(9)14-7-6-13-12(14)17-8-11(15)16/h2-7H,8H2,1H3,(H,15,16)/p-1. The highest BCUT2D eigenvalue weighted by Crippen LogP contribution is 2.21. The van der Waals surface area contributed by atoms with Crippen molar-refractivity contribution in [2.75, 3.05) is 5.75 Å². The number of carboxylic acid groups (broad SMARTS) is 1. The molecule has 17 heavy (non-hydrogen) atoms. The van der Waals surface area contributed by atoms with E-state index in [0.29, 0.717) is 5.16 Å². The highest BCUT2D eigenvalue weighted by molar-refractivity contribution is 7.99. The van der Waals surface area contributed by atoms with Crippen molar-refractivity contribution in [3.05, 3.63) is 42.2 Å². The molecule has 0 fully saturated rings. The number of para-hydroxylation sites is 1. The van der Waals surface area contributed by atoms with Gasteiger partial charge in [-0.15, -0.1) is 0 Å². The molecule has 1 aromatic heterocycles. The van der Waals surface area contributed by atoms with Gasteiger partial charge in [-0.25, -0.2) is 4.98 Å². The number of imidazole rings is 1. The number of thioether (sulfide) groups is 1. The average Bonchev–Trinajstić information content (AvgIpc) is 2.75. The monoisotopic (exact) mass is 247 g/mol. The minimum atomic E-state index is -1.09. The SMILES string of the molecule is Cc1ccccc1-n1ccnc1SCC(=O)[O-]. The van der Waals surface area contributed by atoms with Gasteiger partial charge >= 0.3 is 0 Å². The minimum Gasteiger partial charge on any atom is -0.549 e. The van der Waals surface area contributed by atoms with Crippen LogP contribution in [0.2, 0.25) is 0 Å². The first-order chi connectivity index (χ1) is 8.18. The lowest BCUT2D eigenvalue weighted by molar-refractivity contribution is -0.301. The molecule has 0 saturated heterocycles. The van der Waals surface area contributed by atoms with E-state index in [4.69, 9.17) is 0 Å². The van der Waals surface area contributed by atoms with Gasteiger partial charge in [-0.3, -0.25) is 4.57 Å². The van der Waals surface area contributed by atoms with Crippen molar-refractivity contribution in [2.45, 2.75) is 12.1 Å². The van der Waals surface area contributed by atoms with E-state index in [1.54, 1.807) is 6.20 Å². The van der Waals surface area contributed by atoms with Gasteiger partial charge in [0.2, 0.25) is 0 Å². The van der Waals surface area contributed by atoms with E-state index >= 15 is 0 Å². The summed E-state index contributed by atoms with van der Waals surface area (Å²) in [4.78, 5) is 14.6. The molecule has 5 heteroatoms. The van der Waals surface area contributed by atoms with E-state index in [0.717, 1.165) is 23.0 Å². The Kier molecular flexibility index (Phi) is 3.49. The van der Waals surface area contributed by atoms with Crippen LogP contribution in [0.15, 0.2) is 41.8 Å². The molecular weight excluding hydrogens is 236 g/mol. The fraction of sp³-hybridized carbons (Fsp3) is 0.167. The van der Waals surface area contributed by atoms with Crippen LogP contribution in [-0.2, 0) is 4.79 Å². The summed E-state index contributed by atoms with van der Waals surface area (Å²) >= 11 is 1.16. The lowest BCUT2D eigenvalue weighted by Crippen LogP contribution is -2.24. The van der Waals surface area contributed by atoms with Crippen LogP contribution in [0.25, 0.3) is 5.69 Å². The van der Waals surface area contributed by atoms with E-state index in [-0.39, 0.29) is 5.75 Å². The number of benzene rings is 1. The maximum atomic E-state index is 10.4. The Hall–Kier alpha value is -1.75. The molecule has 0 aliphatic carbocycles. The highest BCUT2D eigenvalue weighted by Gasteiger charge is 2.07. The highest BCUT2D eigenvalue weighted by atomic mass is 32.2. The Bertz CT molecular complexity index is 537. The van der Waals surface area contributed by atoms with Gasteiger partial charge in [-0.05, 0) is 18.6 Å². The quantitative estimate of drug-likeness (QED) is 0.757. The first kappa shape index (κ1) is 11.7. The van der Waals surface area contributed by atoms with Gasteiger partial charge in [0, 0.05) is 18.1 Å². The summed E-state index contributed by atoms with van der Waals surface area (Å²) in [6.07, 6.45) is 3.48. The van der Waals surface area contributed by atoms with E-state index in [1.807, 2.05) is 42.0 Å². The largest absolute Gasteiger partial charge is 0.549 e. The maximum absolute atomic E-state index is 10.4. The third-order valence-corrected chi connectivity index (χ3v) is 3.24. The summed E-state index contributed by atoms with van der Waals surface area (Å²) in [5, 5.41) is 11.1. The van der Waals surface area contributed by atoms with Crippen LogP contribution in [0.4, 0.5) is 0 Å². The molecule has 1 heterocycles. The Morgan fingerprint density at radius 1 is 1.47 bits per heavy atom. The number of rotatable bonds is 4. The fourth-order valence-corrected chi connectivity index (χ4v) is 2.22. The van der Waals surface area contributed by atoms with E-state index in [2.05, 4.69) is 4.98 Å². The number of hydrogen-bond donors (Lipinski definition) is 0. The van der Waals surface area contributed by atoms with Crippen molar-refractivity contribution in [2.24, 2.45) is 0 Å². The third-order valence-electron chi connectivity index (χ3n) is 2.30. The van der Waals surface area contributed by atoms with Crippen LogP contribution in [0, 0.1) is 6.92 Å². The second kappa shape index (κ2) is 5.05. The number of carbonyl (C=O) groups excluding carboxylic acids is 1. The molecule has 0 aliphatic rings. The average molecular weight is 247 g/mol. The predicted molar refractivity (Wildman–Crippen MR) is 64.0 cm³/mol. The van der Waals surface area contributed by atoms with Gasteiger partial charge in [0.05, 0.1) is 11.7 Å². The number of aryl methyl sites for hydroxylation is 1.